The lowest BCUT2D eigenvalue weighted by atomic mass is 9.96. The van der Waals surface area contributed by atoms with Crippen LogP contribution in [0.3, 0.4) is 0 Å². The molecular weight excluding hydrogens is 356 g/mol. The van der Waals surface area contributed by atoms with Crippen molar-refractivity contribution in [3.63, 3.8) is 0 Å². The molecule has 3 heterocycles. The largest absolute Gasteiger partial charge is 0.347 e. The van der Waals surface area contributed by atoms with Crippen LogP contribution in [0.4, 0.5) is 0 Å². The van der Waals surface area contributed by atoms with Crippen LogP contribution in [0, 0.1) is 0 Å². The third-order valence-electron chi connectivity index (χ3n) is 4.59. The summed E-state index contributed by atoms with van der Waals surface area (Å²) in [5, 5.41) is 13.5. The number of nitrogens with zero attached hydrogens (tertiary/aromatic N) is 4. The van der Waals surface area contributed by atoms with Gasteiger partial charge in [-0.05, 0) is 25.0 Å². The van der Waals surface area contributed by atoms with Gasteiger partial charge in [-0.1, -0.05) is 29.8 Å². The summed E-state index contributed by atoms with van der Waals surface area (Å²) in [6, 6.07) is 9.35. The van der Waals surface area contributed by atoms with Crippen molar-refractivity contribution in [1.82, 2.24) is 29.9 Å². The summed E-state index contributed by atoms with van der Waals surface area (Å²) in [5.41, 5.74) is 0.752. The van der Waals surface area contributed by atoms with Gasteiger partial charge < -0.3 is 4.90 Å². The van der Waals surface area contributed by atoms with E-state index in [1.807, 2.05) is 30.3 Å². The summed E-state index contributed by atoms with van der Waals surface area (Å²) < 4.78 is 1.57. The molecule has 1 saturated heterocycles. The number of carbonyl (C=O) groups excluding carboxylic acids is 1. The molecule has 2 aromatic heterocycles. The molecule has 0 radical (unpaired) electrons. The zero-order chi connectivity index (χ0) is 18.1. The molecule has 1 aromatic carbocycles. The summed E-state index contributed by atoms with van der Waals surface area (Å²) in [6.07, 6.45) is 3.08. The number of carbonyl (C=O) groups is 1. The Balaban J connectivity index is 1.63. The first-order valence-corrected chi connectivity index (χ1v) is 8.74. The summed E-state index contributed by atoms with van der Waals surface area (Å²) in [5.74, 6) is 0.393. The van der Waals surface area contributed by atoms with Crippen molar-refractivity contribution < 1.29 is 4.79 Å². The standard InChI is InChI=1S/C17H17ClN6O2/c18-13-9-19-20-14(13)16(25)23-8-4-5-11(10-23)15-21-22-17(26)24(15)12-6-2-1-3-7-12/h1-3,6-7,9,11H,4-5,8,10H2,(H,19,20)(H,22,26)/t11-/m0/s1. The molecule has 1 aliphatic rings. The zero-order valence-electron chi connectivity index (χ0n) is 13.9. The summed E-state index contributed by atoms with van der Waals surface area (Å²) in [4.78, 5) is 26.7. The SMILES string of the molecule is O=C(c1[nH]ncc1Cl)N1CCC[C@H](c2n[nH]c(=O)n2-c2ccccc2)C1. The van der Waals surface area contributed by atoms with Crippen LogP contribution in [0.15, 0.2) is 41.3 Å². The van der Waals surface area contributed by atoms with Crippen LogP contribution in [0.25, 0.3) is 5.69 Å². The van der Waals surface area contributed by atoms with Crippen LogP contribution in [-0.4, -0.2) is 48.9 Å². The van der Waals surface area contributed by atoms with Crippen LogP contribution in [0.5, 0.6) is 0 Å². The quantitative estimate of drug-likeness (QED) is 0.734. The maximum absolute atomic E-state index is 12.7. The molecule has 1 amide bonds. The van der Waals surface area contributed by atoms with E-state index in [9.17, 15) is 9.59 Å². The minimum absolute atomic E-state index is 0.0476. The van der Waals surface area contributed by atoms with Gasteiger partial charge >= 0.3 is 5.69 Å². The van der Waals surface area contributed by atoms with Crippen LogP contribution in [0.2, 0.25) is 5.02 Å². The van der Waals surface area contributed by atoms with Crippen molar-refractivity contribution in [2.24, 2.45) is 0 Å². The third-order valence-corrected chi connectivity index (χ3v) is 4.88. The van der Waals surface area contributed by atoms with Crippen molar-refractivity contribution in [3.05, 3.63) is 63.6 Å². The molecule has 0 unspecified atom stereocenters. The molecule has 4 rings (SSSR count). The number of hydrogen-bond acceptors (Lipinski definition) is 4. The Morgan fingerprint density at radius 1 is 1.23 bits per heavy atom. The predicted molar refractivity (Wildman–Crippen MR) is 95.7 cm³/mol. The Morgan fingerprint density at radius 3 is 2.77 bits per heavy atom. The highest BCUT2D eigenvalue weighted by atomic mass is 35.5. The van der Waals surface area contributed by atoms with Crippen LogP contribution in [-0.2, 0) is 0 Å². The van der Waals surface area contributed by atoms with E-state index in [-0.39, 0.29) is 23.2 Å². The number of H-pyrrole nitrogens is 2. The molecule has 3 aromatic rings. The molecule has 8 nitrogen and oxygen atoms in total. The Labute approximate surface area is 153 Å². The molecular formula is C17H17ClN6O2. The number of aromatic nitrogens is 5. The van der Waals surface area contributed by atoms with Crippen LogP contribution in [0.1, 0.15) is 35.1 Å². The molecule has 1 fully saturated rings. The van der Waals surface area contributed by atoms with Gasteiger partial charge in [-0.15, -0.1) is 0 Å². The van der Waals surface area contributed by atoms with Gasteiger partial charge in [-0.2, -0.15) is 10.2 Å². The predicted octanol–water partition coefficient (Wildman–Crippen LogP) is 1.96. The topological polar surface area (TPSA) is 99.7 Å². The van der Waals surface area contributed by atoms with Gasteiger partial charge in [0.2, 0.25) is 0 Å². The second kappa shape index (κ2) is 6.80. The summed E-state index contributed by atoms with van der Waals surface area (Å²) in [6.45, 7) is 1.09. The number of benzene rings is 1. The first kappa shape index (κ1) is 16.6. The molecule has 0 saturated carbocycles. The number of amides is 1. The third kappa shape index (κ3) is 2.92. The van der Waals surface area contributed by atoms with Crippen LogP contribution >= 0.6 is 11.6 Å². The minimum atomic E-state index is -0.286. The normalized spacial score (nSPS) is 17.4. The lowest BCUT2D eigenvalue weighted by Gasteiger charge is -2.32. The van der Waals surface area contributed by atoms with Gasteiger partial charge in [0.05, 0.1) is 16.9 Å². The lowest BCUT2D eigenvalue weighted by molar-refractivity contribution is 0.0698. The van der Waals surface area contributed by atoms with Crippen molar-refractivity contribution in [3.8, 4) is 5.69 Å². The monoisotopic (exact) mass is 372 g/mol. The second-order valence-electron chi connectivity index (χ2n) is 6.24. The van der Waals surface area contributed by atoms with E-state index in [1.165, 1.54) is 6.20 Å². The second-order valence-corrected chi connectivity index (χ2v) is 6.65. The maximum Gasteiger partial charge on any atom is 0.347 e. The number of piperidine rings is 1. The zero-order valence-corrected chi connectivity index (χ0v) is 14.6. The maximum atomic E-state index is 12.7. The Morgan fingerprint density at radius 2 is 2.04 bits per heavy atom. The van der Waals surface area contributed by atoms with E-state index in [4.69, 9.17) is 11.6 Å². The fourth-order valence-electron chi connectivity index (χ4n) is 3.36. The van der Waals surface area contributed by atoms with Crippen molar-refractivity contribution in [1.29, 1.82) is 0 Å². The highest BCUT2D eigenvalue weighted by molar-refractivity contribution is 6.33. The van der Waals surface area contributed by atoms with Crippen molar-refractivity contribution >= 4 is 17.5 Å². The van der Waals surface area contributed by atoms with E-state index in [2.05, 4.69) is 20.4 Å². The number of nitrogens with one attached hydrogen (secondary N) is 2. The van der Waals surface area contributed by atoms with Gasteiger partial charge in [0.1, 0.15) is 11.5 Å². The van der Waals surface area contributed by atoms with E-state index in [0.717, 1.165) is 18.5 Å². The fourth-order valence-corrected chi connectivity index (χ4v) is 3.53. The molecule has 9 heteroatoms. The van der Waals surface area contributed by atoms with Gasteiger partial charge in [0, 0.05) is 19.0 Å². The van der Waals surface area contributed by atoms with E-state index in [0.29, 0.717) is 23.9 Å². The first-order valence-electron chi connectivity index (χ1n) is 8.36. The van der Waals surface area contributed by atoms with Gasteiger partial charge in [0.15, 0.2) is 0 Å². The highest BCUT2D eigenvalue weighted by Crippen LogP contribution is 2.27. The molecule has 26 heavy (non-hydrogen) atoms. The number of halogens is 1. The smallest absolute Gasteiger partial charge is 0.337 e. The average molecular weight is 373 g/mol. The number of rotatable bonds is 3. The van der Waals surface area contributed by atoms with Crippen LogP contribution < -0.4 is 5.69 Å². The molecule has 1 atom stereocenters. The Hall–Kier alpha value is -2.87. The molecule has 1 aliphatic heterocycles. The number of para-hydroxylation sites is 1. The van der Waals surface area contributed by atoms with E-state index < -0.39 is 0 Å². The summed E-state index contributed by atoms with van der Waals surface area (Å²) in [7, 11) is 0. The number of aromatic amines is 2. The number of hydrogen-bond donors (Lipinski definition) is 2. The van der Waals surface area contributed by atoms with E-state index >= 15 is 0 Å². The Kier molecular flexibility index (Phi) is 4.34. The average Bonchev–Trinajstić information content (AvgIpc) is 3.27. The number of likely N-dealkylation sites (tertiary alicyclic amines) is 1. The van der Waals surface area contributed by atoms with Crippen molar-refractivity contribution in [2.75, 3.05) is 13.1 Å². The Bertz CT molecular complexity index is 977. The fraction of sp³-hybridized carbons (Fsp3) is 0.294. The molecule has 0 spiro atoms. The first-order chi connectivity index (χ1) is 12.6. The lowest BCUT2D eigenvalue weighted by Crippen LogP contribution is -2.40. The molecule has 134 valence electrons. The summed E-state index contributed by atoms with van der Waals surface area (Å²) >= 11 is 6.01. The van der Waals surface area contributed by atoms with E-state index in [1.54, 1.807) is 9.47 Å². The minimum Gasteiger partial charge on any atom is -0.337 e. The molecule has 0 bridgehead atoms. The van der Waals surface area contributed by atoms with Crippen molar-refractivity contribution in [2.45, 2.75) is 18.8 Å². The molecule has 2 N–H and O–H groups in total. The van der Waals surface area contributed by atoms with Gasteiger partial charge in [-0.3, -0.25) is 9.89 Å². The van der Waals surface area contributed by atoms with Gasteiger partial charge in [-0.25, -0.2) is 14.5 Å². The highest BCUT2D eigenvalue weighted by Gasteiger charge is 2.30. The van der Waals surface area contributed by atoms with Gasteiger partial charge in [0.25, 0.3) is 5.91 Å². The molecule has 0 aliphatic carbocycles.